The summed E-state index contributed by atoms with van der Waals surface area (Å²) in [6.45, 7) is 6.08. The number of ether oxygens (including phenoxy) is 1. The third-order valence-corrected chi connectivity index (χ3v) is 5.08. The van der Waals surface area contributed by atoms with Gasteiger partial charge in [-0.1, -0.05) is 13.8 Å². The third-order valence-electron chi connectivity index (χ3n) is 2.39. The number of aromatic nitrogens is 1. The highest BCUT2D eigenvalue weighted by Crippen LogP contribution is 2.19. The van der Waals surface area contributed by atoms with Gasteiger partial charge >= 0.3 is 0 Å². The Kier molecular flexibility index (Phi) is 5.71. The monoisotopic (exact) mass is 292 g/mol. The quantitative estimate of drug-likeness (QED) is 0.831. The molecule has 0 fully saturated rings. The largest absolute Gasteiger partial charge is 0.381 e. The van der Waals surface area contributed by atoms with Crippen LogP contribution < -0.4 is 4.72 Å². The number of nitrogens with zero attached hydrogens (tertiary/aromatic N) is 1. The van der Waals surface area contributed by atoms with Crippen molar-refractivity contribution < 1.29 is 13.2 Å². The molecule has 0 bridgehead atoms. The molecule has 1 N–H and O–H groups in total. The smallest absolute Gasteiger partial charge is 0.214 e. The zero-order valence-electron chi connectivity index (χ0n) is 11.1. The first-order valence-corrected chi connectivity index (χ1v) is 8.31. The lowest BCUT2D eigenvalue weighted by Crippen LogP contribution is -2.31. The van der Waals surface area contributed by atoms with Gasteiger partial charge in [0.15, 0.2) is 0 Å². The standard InChI is InChI=1S/C11H20N2O3S2/c1-8(2)11-13-10(6-17-11)5-12-18(14,15)7-9(3)16-4/h6,8-9,12H,5,7H2,1-4H3. The molecule has 0 aliphatic heterocycles. The van der Waals surface area contributed by atoms with Crippen LogP contribution >= 0.6 is 11.3 Å². The molecular weight excluding hydrogens is 272 g/mol. The summed E-state index contributed by atoms with van der Waals surface area (Å²) in [5.41, 5.74) is 0.761. The molecule has 0 aliphatic carbocycles. The highest BCUT2D eigenvalue weighted by Gasteiger charge is 2.15. The van der Waals surface area contributed by atoms with Gasteiger partial charge < -0.3 is 4.74 Å². The van der Waals surface area contributed by atoms with E-state index in [0.717, 1.165) is 10.7 Å². The SMILES string of the molecule is COC(C)CS(=O)(=O)NCc1csc(C(C)C)n1. The summed E-state index contributed by atoms with van der Waals surface area (Å²) in [7, 11) is -1.82. The van der Waals surface area contributed by atoms with Gasteiger partial charge in [0.25, 0.3) is 0 Å². The number of rotatable bonds is 7. The summed E-state index contributed by atoms with van der Waals surface area (Å²) >= 11 is 1.56. The minimum absolute atomic E-state index is 0.0370. The Hall–Kier alpha value is -0.500. The second kappa shape index (κ2) is 6.60. The first-order valence-electron chi connectivity index (χ1n) is 5.78. The maximum absolute atomic E-state index is 11.7. The number of hydrogen-bond donors (Lipinski definition) is 1. The predicted octanol–water partition coefficient (Wildman–Crippen LogP) is 1.72. The van der Waals surface area contributed by atoms with Crippen LogP contribution in [0.4, 0.5) is 0 Å². The van der Waals surface area contributed by atoms with E-state index in [-0.39, 0.29) is 18.4 Å². The van der Waals surface area contributed by atoms with E-state index in [4.69, 9.17) is 4.74 Å². The molecule has 0 aromatic carbocycles. The third kappa shape index (κ3) is 5.01. The minimum Gasteiger partial charge on any atom is -0.381 e. The van der Waals surface area contributed by atoms with E-state index >= 15 is 0 Å². The van der Waals surface area contributed by atoms with Gasteiger partial charge in [-0.3, -0.25) is 0 Å². The Morgan fingerprint density at radius 2 is 2.11 bits per heavy atom. The van der Waals surface area contributed by atoms with E-state index in [1.807, 2.05) is 5.38 Å². The Balaban J connectivity index is 2.53. The lowest BCUT2D eigenvalue weighted by Gasteiger charge is -2.10. The summed E-state index contributed by atoms with van der Waals surface area (Å²) < 4.78 is 30.9. The molecular formula is C11H20N2O3S2. The molecule has 5 nitrogen and oxygen atoms in total. The maximum atomic E-state index is 11.7. The van der Waals surface area contributed by atoms with Gasteiger partial charge in [0.1, 0.15) is 0 Å². The molecule has 1 heterocycles. The molecule has 18 heavy (non-hydrogen) atoms. The van der Waals surface area contributed by atoms with Gasteiger partial charge in [0.05, 0.1) is 29.1 Å². The van der Waals surface area contributed by atoms with Crippen LogP contribution in [0.2, 0.25) is 0 Å². The molecule has 0 radical (unpaired) electrons. The van der Waals surface area contributed by atoms with Crippen molar-refractivity contribution in [3.05, 3.63) is 16.1 Å². The lowest BCUT2D eigenvalue weighted by atomic mass is 10.2. The molecule has 0 spiro atoms. The number of thiazole rings is 1. The molecule has 0 saturated heterocycles. The van der Waals surface area contributed by atoms with Crippen molar-refractivity contribution in [3.8, 4) is 0 Å². The van der Waals surface area contributed by atoms with Crippen LogP contribution in [-0.4, -0.2) is 32.4 Å². The van der Waals surface area contributed by atoms with Gasteiger partial charge in [-0.05, 0) is 6.92 Å². The van der Waals surface area contributed by atoms with Gasteiger partial charge in [0, 0.05) is 18.4 Å². The topological polar surface area (TPSA) is 68.3 Å². The predicted molar refractivity (Wildman–Crippen MR) is 73.3 cm³/mol. The molecule has 1 unspecified atom stereocenters. The van der Waals surface area contributed by atoms with E-state index in [1.165, 1.54) is 7.11 Å². The van der Waals surface area contributed by atoms with Crippen molar-refractivity contribution in [1.29, 1.82) is 0 Å². The molecule has 1 rings (SSSR count). The molecule has 0 saturated carbocycles. The zero-order chi connectivity index (χ0) is 13.8. The Bertz CT molecular complexity index is 468. The number of methoxy groups -OCH3 is 1. The van der Waals surface area contributed by atoms with Crippen LogP contribution in [-0.2, 0) is 21.3 Å². The first kappa shape index (κ1) is 15.6. The Labute approximate surface area is 113 Å². The first-order chi connectivity index (χ1) is 8.34. The second-order valence-electron chi connectivity index (χ2n) is 4.48. The average molecular weight is 292 g/mol. The minimum atomic E-state index is -3.31. The van der Waals surface area contributed by atoms with Crippen molar-refractivity contribution in [1.82, 2.24) is 9.71 Å². The van der Waals surface area contributed by atoms with Crippen LogP contribution in [0.1, 0.15) is 37.4 Å². The maximum Gasteiger partial charge on any atom is 0.214 e. The van der Waals surface area contributed by atoms with Crippen molar-refractivity contribution >= 4 is 21.4 Å². The normalized spacial score (nSPS) is 14.1. The molecule has 0 amide bonds. The van der Waals surface area contributed by atoms with E-state index in [1.54, 1.807) is 18.3 Å². The van der Waals surface area contributed by atoms with Crippen LogP contribution in [0.3, 0.4) is 0 Å². The fraction of sp³-hybridized carbons (Fsp3) is 0.727. The Morgan fingerprint density at radius 1 is 1.44 bits per heavy atom. The fourth-order valence-corrected chi connectivity index (χ4v) is 3.36. The van der Waals surface area contributed by atoms with E-state index in [9.17, 15) is 8.42 Å². The van der Waals surface area contributed by atoms with Gasteiger partial charge in [-0.15, -0.1) is 11.3 Å². The summed E-state index contributed by atoms with van der Waals surface area (Å²) in [4.78, 5) is 4.37. The van der Waals surface area contributed by atoms with Crippen LogP contribution in [0.5, 0.6) is 0 Å². The highest BCUT2D eigenvalue weighted by atomic mass is 32.2. The number of hydrogen-bond acceptors (Lipinski definition) is 5. The highest BCUT2D eigenvalue weighted by molar-refractivity contribution is 7.89. The van der Waals surface area contributed by atoms with E-state index in [0.29, 0.717) is 5.92 Å². The van der Waals surface area contributed by atoms with E-state index in [2.05, 4.69) is 23.6 Å². The van der Waals surface area contributed by atoms with Crippen molar-refractivity contribution in [3.63, 3.8) is 0 Å². The molecule has 0 aliphatic rings. The second-order valence-corrected chi connectivity index (χ2v) is 7.22. The number of sulfonamides is 1. The summed E-state index contributed by atoms with van der Waals surface area (Å²) in [5, 5.41) is 2.91. The van der Waals surface area contributed by atoms with Gasteiger partial charge in [0.2, 0.25) is 10.0 Å². The van der Waals surface area contributed by atoms with Crippen molar-refractivity contribution in [2.24, 2.45) is 0 Å². The van der Waals surface area contributed by atoms with Gasteiger partial charge in [-0.2, -0.15) is 0 Å². The molecule has 1 aromatic heterocycles. The molecule has 1 aromatic rings. The zero-order valence-corrected chi connectivity index (χ0v) is 12.8. The van der Waals surface area contributed by atoms with Crippen LogP contribution in [0.25, 0.3) is 0 Å². The van der Waals surface area contributed by atoms with Crippen LogP contribution in [0, 0.1) is 0 Å². The summed E-state index contributed by atoms with van der Waals surface area (Å²) in [6.07, 6.45) is -0.316. The number of nitrogens with one attached hydrogen (secondary N) is 1. The van der Waals surface area contributed by atoms with Crippen molar-refractivity contribution in [2.45, 2.75) is 39.3 Å². The fourth-order valence-electron chi connectivity index (χ4n) is 1.29. The Morgan fingerprint density at radius 3 is 2.61 bits per heavy atom. The van der Waals surface area contributed by atoms with E-state index < -0.39 is 10.0 Å². The van der Waals surface area contributed by atoms with Gasteiger partial charge in [-0.25, -0.2) is 18.1 Å². The van der Waals surface area contributed by atoms with Crippen molar-refractivity contribution in [2.75, 3.05) is 12.9 Å². The average Bonchev–Trinajstić information content (AvgIpc) is 2.74. The molecule has 1 atom stereocenters. The summed E-state index contributed by atoms with van der Waals surface area (Å²) in [6, 6.07) is 0. The molecule has 104 valence electrons. The molecule has 7 heteroatoms. The van der Waals surface area contributed by atoms with Crippen LogP contribution in [0.15, 0.2) is 5.38 Å². The lowest BCUT2D eigenvalue weighted by molar-refractivity contribution is 0.136. The summed E-state index contributed by atoms with van der Waals surface area (Å²) in [5.74, 6) is 0.332.